The van der Waals surface area contributed by atoms with E-state index < -0.39 is 5.60 Å². The molecule has 1 aromatic heterocycles. The minimum Gasteiger partial charge on any atom is -0.451 e. The molecular formula is C23H27NO2S. The molecule has 27 heavy (non-hydrogen) atoms. The summed E-state index contributed by atoms with van der Waals surface area (Å²) >= 11 is 1.88. The van der Waals surface area contributed by atoms with Crippen LogP contribution in [0.2, 0.25) is 0 Å². The van der Waals surface area contributed by atoms with E-state index in [2.05, 4.69) is 42.2 Å². The smallest absolute Gasteiger partial charge is 0.311 e. The lowest BCUT2D eigenvalue weighted by atomic mass is 9.73. The van der Waals surface area contributed by atoms with Gasteiger partial charge in [-0.15, -0.1) is 11.3 Å². The predicted molar refractivity (Wildman–Crippen MR) is 108 cm³/mol. The van der Waals surface area contributed by atoms with Crippen LogP contribution in [0.25, 0.3) is 0 Å². The van der Waals surface area contributed by atoms with Gasteiger partial charge in [-0.1, -0.05) is 36.2 Å². The molecule has 4 heteroatoms. The van der Waals surface area contributed by atoms with Crippen molar-refractivity contribution >= 4 is 17.3 Å². The molecule has 1 aromatic carbocycles. The van der Waals surface area contributed by atoms with Gasteiger partial charge in [-0.25, -0.2) is 0 Å². The van der Waals surface area contributed by atoms with Crippen LogP contribution in [0.4, 0.5) is 0 Å². The maximum absolute atomic E-state index is 13.0. The lowest BCUT2D eigenvalue weighted by Gasteiger charge is -2.58. The molecule has 3 aliphatic heterocycles. The van der Waals surface area contributed by atoms with Crippen LogP contribution < -0.4 is 0 Å². The van der Waals surface area contributed by atoms with Gasteiger partial charge in [0.25, 0.3) is 0 Å². The first kappa shape index (κ1) is 17.4. The van der Waals surface area contributed by atoms with Crippen molar-refractivity contribution in [2.75, 3.05) is 13.1 Å². The van der Waals surface area contributed by atoms with Crippen molar-refractivity contribution in [2.24, 2.45) is 0 Å². The van der Waals surface area contributed by atoms with Gasteiger partial charge in [-0.05, 0) is 62.8 Å². The summed E-state index contributed by atoms with van der Waals surface area (Å²) in [5, 5.41) is 0. The van der Waals surface area contributed by atoms with Crippen molar-refractivity contribution in [2.45, 2.75) is 63.5 Å². The van der Waals surface area contributed by atoms with Crippen molar-refractivity contribution in [1.82, 2.24) is 4.90 Å². The molecule has 2 fully saturated rings. The van der Waals surface area contributed by atoms with Gasteiger partial charge in [0, 0.05) is 16.3 Å². The molecule has 0 saturated carbocycles. The standard InChI is InChI=1S/C23H27NO2S/c1-16-8-10-18(11-9-16)23(15-24-12-3-2-7-21(23)24)26-22(25)14-17-13-19-5-4-6-20(17)27-19/h8-11,13,21H,2-7,12,14-15H2,1H3. The van der Waals surface area contributed by atoms with Gasteiger partial charge in [0.05, 0.1) is 12.5 Å². The quantitative estimate of drug-likeness (QED) is 0.736. The van der Waals surface area contributed by atoms with E-state index in [9.17, 15) is 4.79 Å². The summed E-state index contributed by atoms with van der Waals surface area (Å²) in [5.41, 5.74) is 3.16. The normalized spacial score (nSPS) is 26.9. The summed E-state index contributed by atoms with van der Waals surface area (Å²) in [6.45, 7) is 4.08. The maximum Gasteiger partial charge on any atom is 0.311 e. The molecule has 0 radical (unpaired) electrons. The molecule has 2 bridgehead atoms. The highest BCUT2D eigenvalue weighted by Crippen LogP contribution is 2.46. The van der Waals surface area contributed by atoms with E-state index in [-0.39, 0.29) is 5.97 Å². The Morgan fingerprint density at radius 3 is 2.85 bits per heavy atom. The van der Waals surface area contributed by atoms with Gasteiger partial charge >= 0.3 is 5.97 Å². The van der Waals surface area contributed by atoms with E-state index in [0.717, 1.165) is 32.4 Å². The number of fused-ring (bicyclic) bond motifs is 3. The van der Waals surface area contributed by atoms with Gasteiger partial charge in [0.2, 0.25) is 0 Å². The monoisotopic (exact) mass is 381 g/mol. The number of aryl methyl sites for hydroxylation is 3. The molecule has 3 nitrogen and oxygen atoms in total. The summed E-state index contributed by atoms with van der Waals surface area (Å²) < 4.78 is 6.33. The average molecular weight is 382 g/mol. The van der Waals surface area contributed by atoms with Gasteiger partial charge in [-0.3, -0.25) is 9.69 Å². The fourth-order valence-corrected chi connectivity index (χ4v) is 6.38. The number of benzene rings is 1. The SMILES string of the molecule is Cc1ccc(C2(OC(=O)Cc3cc4sc3CCC4)CN3CCCCC32)cc1. The molecular weight excluding hydrogens is 354 g/mol. The second kappa shape index (κ2) is 6.75. The van der Waals surface area contributed by atoms with Gasteiger partial charge < -0.3 is 4.74 Å². The number of rotatable bonds is 4. The van der Waals surface area contributed by atoms with Crippen molar-refractivity contribution in [3.63, 3.8) is 0 Å². The van der Waals surface area contributed by atoms with Crippen LogP contribution >= 0.6 is 11.3 Å². The van der Waals surface area contributed by atoms with Gasteiger partial charge in [0.1, 0.15) is 0 Å². The fraction of sp³-hybridized carbons (Fsp3) is 0.522. The predicted octanol–water partition coefficient (Wildman–Crippen LogP) is 4.39. The second-order valence-electron chi connectivity index (χ2n) is 8.40. The molecule has 5 rings (SSSR count). The van der Waals surface area contributed by atoms with E-state index in [4.69, 9.17) is 4.74 Å². The molecule has 0 spiro atoms. The Kier molecular flexibility index (Phi) is 4.36. The first-order valence-corrected chi connectivity index (χ1v) is 11.1. The molecule has 142 valence electrons. The van der Waals surface area contributed by atoms with E-state index in [0.29, 0.717) is 12.5 Å². The Bertz CT molecular complexity index is 856. The zero-order valence-corrected chi connectivity index (χ0v) is 16.8. The Morgan fingerprint density at radius 1 is 1.22 bits per heavy atom. The zero-order chi connectivity index (χ0) is 18.4. The summed E-state index contributed by atoms with van der Waals surface area (Å²) in [4.78, 5) is 18.3. The Hall–Kier alpha value is -1.65. The first-order valence-electron chi connectivity index (χ1n) is 10.3. The number of hydrogen-bond acceptors (Lipinski definition) is 4. The van der Waals surface area contributed by atoms with E-state index in [1.54, 1.807) is 0 Å². The fourth-order valence-electron chi connectivity index (χ4n) is 5.11. The average Bonchev–Trinajstić information content (AvgIpc) is 2.93. The molecule has 2 saturated heterocycles. The van der Waals surface area contributed by atoms with Gasteiger partial charge in [-0.2, -0.15) is 0 Å². The van der Waals surface area contributed by atoms with Crippen LogP contribution in [0.3, 0.4) is 0 Å². The lowest BCUT2D eigenvalue weighted by Crippen LogP contribution is -2.70. The number of esters is 1. The van der Waals surface area contributed by atoms with Gasteiger partial charge in [0.15, 0.2) is 5.60 Å². The largest absolute Gasteiger partial charge is 0.451 e. The minimum absolute atomic E-state index is 0.0618. The van der Waals surface area contributed by atoms with Crippen LogP contribution in [0.15, 0.2) is 30.3 Å². The van der Waals surface area contributed by atoms with Crippen LogP contribution in [-0.4, -0.2) is 30.0 Å². The second-order valence-corrected chi connectivity index (χ2v) is 9.62. The maximum atomic E-state index is 13.0. The van der Waals surface area contributed by atoms with E-state index in [1.165, 1.54) is 45.7 Å². The van der Waals surface area contributed by atoms with Crippen molar-refractivity contribution in [3.05, 3.63) is 56.8 Å². The van der Waals surface area contributed by atoms with Crippen LogP contribution in [-0.2, 0) is 34.4 Å². The van der Waals surface area contributed by atoms with Crippen LogP contribution in [0.1, 0.15) is 52.1 Å². The topological polar surface area (TPSA) is 29.5 Å². The number of ether oxygens (including phenoxy) is 1. The molecule has 0 amide bonds. The molecule has 2 atom stereocenters. The number of carbonyl (C=O) groups is 1. The number of nitrogens with zero attached hydrogens (tertiary/aromatic N) is 1. The van der Waals surface area contributed by atoms with Crippen molar-refractivity contribution in [1.29, 1.82) is 0 Å². The molecule has 4 heterocycles. The van der Waals surface area contributed by atoms with Crippen LogP contribution in [0.5, 0.6) is 0 Å². The van der Waals surface area contributed by atoms with Crippen molar-refractivity contribution < 1.29 is 9.53 Å². The van der Waals surface area contributed by atoms with Crippen molar-refractivity contribution in [3.8, 4) is 0 Å². The summed E-state index contributed by atoms with van der Waals surface area (Å²) in [5.74, 6) is -0.0618. The highest BCUT2D eigenvalue weighted by molar-refractivity contribution is 7.12. The number of piperidine rings is 1. The summed E-state index contributed by atoms with van der Waals surface area (Å²) in [6, 6.07) is 11.2. The highest BCUT2D eigenvalue weighted by atomic mass is 32.1. The summed E-state index contributed by atoms with van der Waals surface area (Å²) in [7, 11) is 0. The molecule has 2 aromatic rings. The molecule has 3 aliphatic rings. The third-order valence-corrected chi connectivity index (χ3v) is 7.83. The Labute approximate surface area is 165 Å². The molecule has 0 N–H and O–H groups in total. The van der Waals surface area contributed by atoms with E-state index in [1.807, 2.05) is 11.3 Å². The molecule has 0 aliphatic carbocycles. The van der Waals surface area contributed by atoms with Crippen LogP contribution in [0, 0.1) is 6.92 Å². The lowest BCUT2D eigenvalue weighted by molar-refractivity contribution is -0.210. The summed E-state index contributed by atoms with van der Waals surface area (Å²) in [6.07, 6.45) is 7.53. The third-order valence-electron chi connectivity index (χ3n) is 6.54. The first-order chi connectivity index (χ1) is 13.1. The van der Waals surface area contributed by atoms with E-state index >= 15 is 0 Å². The number of thiophene rings is 1. The Balaban J connectivity index is 1.39. The molecule has 2 unspecified atom stereocenters. The minimum atomic E-state index is -0.454. The number of hydrogen-bond donors (Lipinski definition) is 0. The number of carbonyl (C=O) groups excluding carboxylic acids is 1. The highest BCUT2D eigenvalue weighted by Gasteiger charge is 2.57. The zero-order valence-electron chi connectivity index (χ0n) is 16.0. The Morgan fingerprint density at radius 2 is 2.07 bits per heavy atom. The third kappa shape index (κ3) is 3.03.